The van der Waals surface area contributed by atoms with E-state index in [0.29, 0.717) is 11.4 Å². The van der Waals surface area contributed by atoms with Crippen LogP contribution in [0.25, 0.3) is 11.1 Å². The average Bonchev–Trinajstić information content (AvgIpc) is 2.29. The molecule has 2 aromatic heterocycles. The summed E-state index contributed by atoms with van der Waals surface area (Å²) in [5.74, 6) is -0.579. The molecule has 5 heteroatoms. The smallest absolute Gasteiger partial charge is 0.307 e. The Morgan fingerprint density at radius 3 is 2.71 bits per heavy atom. The highest BCUT2D eigenvalue weighted by molar-refractivity contribution is 5.76. The van der Waals surface area contributed by atoms with Gasteiger partial charge in [0.05, 0.1) is 6.42 Å². The van der Waals surface area contributed by atoms with E-state index in [-0.39, 0.29) is 6.42 Å². The van der Waals surface area contributed by atoms with Crippen molar-refractivity contribution in [3.63, 3.8) is 0 Å². The van der Waals surface area contributed by atoms with Crippen molar-refractivity contribution < 1.29 is 9.90 Å². The van der Waals surface area contributed by atoms with Gasteiger partial charge in [-0.2, -0.15) is 0 Å². The van der Waals surface area contributed by atoms with Crippen LogP contribution in [-0.4, -0.2) is 21.0 Å². The molecule has 0 aliphatic rings. The van der Waals surface area contributed by atoms with E-state index in [1.807, 2.05) is 0 Å². The fourth-order valence-corrected chi connectivity index (χ4v) is 1.62. The van der Waals surface area contributed by atoms with Gasteiger partial charge in [-0.3, -0.25) is 9.78 Å². The Labute approximate surface area is 98.0 Å². The average molecular weight is 229 g/mol. The first kappa shape index (κ1) is 11.1. The standard InChI is InChI=1S/C12H11N3O2/c13-11-5-9(6-12(16)17)10(7-15-11)8-1-3-14-4-2-8/h1-5,7H,6H2,(H2,13,15)(H,16,17). The molecule has 0 spiro atoms. The maximum atomic E-state index is 10.8. The quantitative estimate of drug-likeness (QED) is 0.829. The number of hydrogen-bond acceptors (Lipinski definition) is 4. The molecule has 5 nitrogen and oxygen atoms in total. The van der Waals surface area contributed by atoms with Crippen molar-refractivity contribution in [1.29, 1.82) is 0 Å². The molecule has 2 heterocycles. The van der Waals surface area contributed by atoms with Gasteiger partial charge in [0.2, 0.25) is 0 Å². The summed E-state index contributed by atoms with van der Waals surface area (Å²) in [6.45, 7) is 0. The Morgan fingerprint density at radius 1 is 1.35 bits per heavy atom. The number of aromatic nitrogens is 2. The lowest BCUT2D eigenvalue weighted by Crippen LogP contribution is -2.04. The monoisotopic (exact) mass is 229 g/mol. The second kappa shape index (κ2) is 4.61. The highest BCUT2D eigenvalue weighted by Crippen LogP contribution is 2.24. The zero-order valence-corrected chi connectivity index (χ0v) is 9.00. The third kappa shape index (κ3) is 2.57. The van der Waals surface area contributed by atoms with Crippen molar-refractivity contribution in [2.75, 3.05) is 5.73 Å². The number of nitrogens with two attached hydrogens (primary N) is 1. The maximum Gasteiger partial charge on any atom is 0.307 e. The van der Waals surface area contributed by atoms with Crippen LogP contribution in [0.15, 0.2) is 36.8 Å². The van der Waals surface area contributed by atoms with Gasteiger partial charge in [-0.1, -0.05) is 0 Å². The predicted molar refractivity (Wildman–Crippen MR) is 63.2 cm³/mol. The molecular formula is C12H11N3O2. The predicted octanol–water partition coefficient (Wildman–Crippen LogP) is 1.35. The number of carboxylic acids is 1. The highest BCUT2D eigenvalue weighted by atomic mass is 16.4. The van der Waals surface area contributed by atoms with Gasteiger partial charge in [-0.15, -0.1) is 0 Å². The molecule has 86 valence electrons. The van der Waals surface area contributed by atoms with Crippen molar-refractivity contribution in [3.8, 4) is 11.1 Å². The van der Waals surface area contributed by atoms with Crippen molar-refractivity contribution >= 4 is 11.8 Å². The third-order valence-electron chi connectivity index (χ3n) is 2.34. The third-order valence-corrected chi connectivity index (χ3v) is 2.34. The Bertz CT molecular complexity index is 541. The minimum atomic E-state index is -0.897. The van der Waals surface area contributed by atoms with Crippen LogP contribution in [0.1, 0.15) is 5.56 Å². The molecule has 0 saturated carbocycles. The van der Waals surface area contributed by atoms with Gasteiger partial charge in [0, 0.05) is 24.2 Å². The van der Waals surface area contributed by atoms with Crippen LogP contribution in [0.2, 0.25) is 0 Å². The molecule has 2 rings (SSSR count). The SMILES string of the molecule is Nc1cc(CC(=O)O)c(-c2ccncc2)cn1. The molecule has 3 N–H and O–H groups in total. The van der Waals surface area contributed by atoms with Gasteiger partial charge >= 0.3 is 5.97 Å². The summed E-state index contributed by atoms with van der Waals surface area (Å²) >= 11 is 0. The summed E-state index contributed by atoms with van der Waals surface area (Å²) in [4.78, 5) is 18.7. The first-order valence-electron chi connectivity index (χ1n) is 5.03. The van der Waals surface area contributed by atoms with E-state index < -0.39 is 5.97 Å². The molecule has 0 saturated heterocycles. The van der Waals surface area contributed by atoms with Crippen LogP contribution in [0.5, 0.6) is 0 Å². The highest BCUT2D eigenvalue weighted by Gasteiger charge is 2.09. The molecular weight excluding hydrogens is 218 g/mol. The van der Waals surface area contributed by atoms with Gasteiger partial charge < -0.3 is 10.8 Å². The molecule has 0 aromatic carbocycles. The molecule has 0 bridgehead atoms. The second-order valence-corrected chi connectivity index (χ2v) is 3.57. The van der Waals surface area contributed by atoms with Gasteiger partial charge in [0.25, 0.3) is 0 Å². The normalized spacial score (nSPS) is 10.1. The van der Waals surface area contributed by atoms with Gasteiger partial charge in [0.1, 0.15) is 5.82 Å². The van der Waals surface area contributed by atoms with Crippen LogP contribution in [0, 0.1) is 0 Å². The fourth-order valence-electron chi connectivity index (χ4n) is 1.62. The summed E-state index contributed by atoms with van der Waals surface area (Å²) in [6.07, 6.45) is 4.81. The summed E-state index contributed by atoms with van der Waals surface area (Å²) in [5.41, 5.74) is 7.86. The minimum Gasteiger partial charge on any atom is -0.481 e. The van der Waals surface area contributed by atoms with Crippen LogP contribution >= 0.6 is 0 Å². The van der Waals surface area contributed by atoms with Gasteiger partial charge in [-0.25, -0.2) is 4.98 Å². The van der Waals surface area contributed by atoms with Crippen LogP contribution in [0.3, 0.4) is 0 Å². The topological polar surface area (TPSA) is 89.1 Å². The number of nitrogens with zero attached hydrogens (tertiary/aromatic N) is 2. The Balaban J connectivity index is 2.50. The maximum absolute atomic E-state index is 10.8. The van der Waals surface area contributed by atoms with E-state index in [9.17, 15) is 4.79 Å². The molecule has 17 heavy (non-hydrogen) atoms. The first-order chi connectivity index (χ1) is 8.16. The number of aliphatic carboxylic acids is 1. The van der Waals surface area contributed by atoms with Gasteiger partial charge in [-0.05, 0) is 29.3 Å². The summed E-state index contributed by atoms with van der Waals surface area (Å²) in [5, 5.41) is 8.86. The summed E-state index contributed by atoms with van der Waals surface area (Å²) in [7, 11) is 0. The molecule has 0 atom stereocenters. The largest absolute Gasteiger partial charge is 0.481 e. The van der Waals surface area contributed by atoms with E-state index in [1.165, 1.54) is 0 Å². The van der Waals surface area contributed by atoms with E-state index in [4.69, 9.17) is 10.8 Å². The number of hydrogen-bond donors (Lipinski definition) is 2. The zero-order chi connectivity index (χ0) is 12.3. The van der Waals surface area contributed by atoms with Crippen LogP contribution in [0.4, 0.5) is 5.82 Å². The molecule has 0 amide bonds. The lowest BCUT2D eigenvalue weighted by molar-refractivity contribution is -0.136. The van der Waals surface area contributed by atoms with Gasteiger partial charge in [0.15, 0.2) is 0 Å². The number of rotatable bonds is 3. The number of pyridine rings is 2. The lowest BCUT2D eigenvalue weighted by Gasteiger charge is -2.08. The van der Waals surface area contributed by atoms with E-state index in [0.717, 1.165) is 11.1 Å². The Kier molecular flexibility index (Phi) is 3.00. The molecule has 0 aliphatic carbocycles. The minimum absolute atomic E-state index is 0.0790. The molecule has 0 radical (unpaired) electrons. The number of carboxylic acid groups (broad SMARTS) is 1. The van der Waals surface area contributed by atoms with E-state index >= 15 is 0 Å². The Morgan fingerprint density at radius 2 is 2.06 bits per heavy atom. The molecule has 0 unspecified atom stereocenters. The lowest BCUT2D eigenvalue weighted by atomic mass is 10.0. The first-order valence-corrected chi connectivity index (χ1v) is 5.03. The zero-order valence-electron chi connectivity index (χ0n) is 9.00. The van der Waals surface area contributed by atoms with Crippen LogP contribution < -0.4 is 5.73 Å². The van der Waals surface area contributed by atoms with Crippen molar-refractivity contribution in [3.05, 3.63) is 42.4 Å². The van der Waals surface area contributed by atoms with Crippen LogP contribution in [-0.2, 0) is 11.2 Å². The van der Waals surface area contributed by atoms with E-state index in [1.54, 1.807) is 36.8 Å². The summed E-state index contributed by atoms with van der Waals surface area (Å²) < 4.78 is 0. The number of carbonyl (C=O) groups is 1. The summed E-state index contributed by atoms with van der Waals surface area (Å²) in [6, 6.07) is 5.20. The molecule has 0 fully saturated rings. The number of anilines is 1. The molecule has 2 aromatic rings. The van der Waals surface area contributed by atoms with E-state index in [2.05, 4.69) is 9.97 Å². The molecule has 0 aliphatic heterocycles. The Hall–Kier alpha value is -2.43. The van der Waals surface area contributed by atoms with Crippen molar-refractivity contribution in [2.45, 2.75) is 6.42 Å². The number of nitrogen functional groups attached to an aromatic ring is 1. The second-order valence-electron chi connectivity index (χ2n) is 3.57. The fraction of sp³-hybridized carbons (Fsp3) is 0.0833. The van der Waals surface area contributed by atoms with Crippen molar-refractivity contribution in [2.24, 2.45) is 0 Å². The van der Waals surface area contributed by atoms with Crippen molar-refractivity contribution in [1.82, 2.24) is 9.97 Å².